The van der Waals surface area contributed by atoms with Gasteiger partial charge in [-0.25, -0.2) is 9.18 Å². The van der Waals surface area contributed by atoms with Crippen molar-refractivity contribution in [3.63, 3.8) is 0 Å². The van der Waals surface area contributed by atoms with Crippen LogP contribution in [-0.4, -0.2) is 26.1 Å². The van der Waals surface area contributed by atoms with E-state index in [0.717, 1.165) is 16.8 Å². The van der Waals surface area contributed by atoms with Gasteiger partial charge in [-0.3, -0.25) is 4.98 Å². The fourth-order valence-corrected chi connectivity index (χ4v) is 4.32. The third-order valence-electron chi connectivity index (χ3n) is 6.37. The van der Waals surface area contributed by atoms with Crippen LogP contribution in [0.5, 0.6) is 5.75 Å². The van der Waals surface area contributed by atoms with E-state index in [2.05, 4.69) is 47.7 Å². The molecule has 0 unspecified atom stereocenters. The third kappa shape index (κ3) is 6.45. The van der Waals surface area contributed by atoms with Crippen LogP contribution in [0.4, 0.5) is 9.18 Å². The summed E-state index contributed by atoms with van der Waals surface area (Å²) < 4.78 is 31.3. The van der Waals surface area contributed by atoms with Gasteiger partial charge in [0.15, 0.2) is 14.1 Å². The summed E-state index contributed by atoms with van der Waals surface area (Å²) >= 11 is 0. The first-order valence-electron chi connectivity index (χ1n) is 12.0. The Balaban J connectivity index is 2.85. The van der Waals surface area contributed by atoms with Gasteiger partial charge >= 0.3 is 6.16 Å². The molecule has 0 saturated heterocycles. The predicted molar refractivity (Wildman–Crippen MR) is 137 cm³/mol. The Labute approximate surface area is 205 Å². The highest BCUT2D eigenvalue weighted by Gasteiger charge is 2.38. The minimum atomic E-state index is -2.10. The van der Waals surface area contributed by atoms with Crippen LogP contribution in [-0.2, 0) is 15.8 Å². The maximum absolute atomic E-state index is 13.8. The lowest BCUT2D eigenvalue weighted by atomic mass is 9.91. The summed E-state index contributed by atoms with van der Waals surface area (Å²) in [4.78, 5) is 17.4. The zero-order chi connectivity index (χ0) is 25.8. The summed E-state index contributed by atoms with van der Waals surface area (Å²) in [5.41, 5.74) is 3.84. The minimum absolute atomic E-state index is 0.0171. The van der Waals surface area contributed by atoms with Crippen molar-refractivity contribution >= 4 is 14.5 Å². The molecule has 0 N–H and O–H groups in total. The lowest BCUT2D eigenvalue weighted by Gasteiger charge is -2.37. The maximum Gasteiger partial charge on any atom is 0.513 e. The number of ether oxygens (including phenoxy) is 2. The first kappa shape index (κ1) is 28.0. The largest absolute Gasteiger partial charge is 0.513 e. The topological polar surface area (TPSA) is 57.7 Å². The SMILES string of the molecule is CCOC(=O)Oc1c(C(C)C)nc(C(C)C)c(CO[Si](C)(C)C(C)(C)C)c1-c1ccc(F)cc1. The average Bonchev–Trinajstić information content (AvgIpc) is 2.71. The normalized spacial score (nSPS) is 12.4. The zero-order valence-corrected chi connectivity index (χ0v) is 23.3. The Kier molecular flexibility index (Phi) is 9.05. The van der Waals surface area contributed by atoms with Gasteiger partial charge in [0, 0.05) is 16.8 Å². The molecule has 0 amide bonds. The van der Waals surface area contributed by atoms with E-state index in [4.69, 9.17) is 18.9 Å². The molecule has 0 fully saturated rings. The molecule has 0 spiro atoms. The Morgan fingerprint density at radius 2 is 1.59 bits per heavy atom. The van der Waals surface area contributed by atoms with Crippen LogP contribution in [0, 0.1) is 5.82 Å². The second kappa shape index (κ2) is 11.0. The molecule has 1 aromatic heterocycles. The third-order valence-corrected chi connectivity index (χ3v) is 10.8. The van der Waals surface area contributed by atoms with Gasteiger partial charge in [-0.1, -0.05) is 60.6 Å². The van der Waals surface area contributed by atoms with E-state index in [9.17, 15) is 9.18 Å². The van der Waals surface area contributed by atoms with Crippen LogP contribution in [0.15, 0.2) is 24.3 Å². The molecule has 0 atom stereocenters. The molecule has 0 aliphatic heterocycles. The van der Waals surface area contributed by atoms with E-state index in [1.165, 1.54) is 12.1 Å². The second-order valence-electron chi connectivity index (χ2n) is 10.7. The van der Waals surface area contributed by atoms with Crippen molar-refractivity contribution in [2.24, 2.45) is 0 Å². The molecular weight excluding hydrogens is 449 g/mol. The highest BCUT2D eigenvalue weighted by Crippen LogP contribution is 2.44. The van der Waals surface area contributed by atoms with E-state index in [0.29, 0.717) is 23.6 Å². The summed E-state index contributed by atoms with van der Waals surface area (Å²) in [5, 5.41) is 0.0244. The highest BCUT2D eigenvalue weighted by atomic mass is 28.4. The van der Waals surface area contributed by atoms with Crippen molar-refractivity contribution < 1.29 is 23.1 Å². The van der Waals surface area contributed by atoms with Crippen LogP contribution in [0.25, 0.3) is 11.1 Å². The van der Waals surface area contributed by atoms with Gasteiger partial charge < -0.3 is 13.9 Å². The lowest BCUT2D eigenvalue weighted by molar-refractivity contribution is 0.104. The fraction of sp³-hybridized carbons (Fsp3) is 0.556. The molecule has 0 bridgehead atoms. The van der Waals surface area contributed by atoms with Gasteiger partial charge in [0.2, 0.25) is 0 Å². The number of benzene rings is 1. The summed E-state index contributed by atoms with van der Waals surface area (Å²) in [7, 11) is -2.10. The average molecular weight is 490 g/mol. The Hall–Kier alpha value is -2.25. The molecule has 34 heavy (non-hydrogen) atoms. The van der Waals surface area contributed by atoms with Gasteiger partial charge in [0.25, 0.3) is 0 Å². The number of rotatable bonds is 8. The van der Waals surface area contributed by atoms with Gasteiger partial charge in [0.05, 0.1) is 18.9 Å². The number of carbonyl (C=O) groups is 1. The van der Waals surface area contributed by atoms with Crippen LogP contribution in [0.1, 0.15) is 84.2 Å². The molecule has 5 nitrogen and oxygen atoms in total. The number of hydrogen-bond donors (Lipinski definition) is 0. The molecular formula is C27H40FNO4Si. The first-order chi connectivity index (χ1) is 15.7. The molecule has 188 valence electrons. The Morgan fingerprint density at radius 1 is 1.03 bits per heavy atom. The zero-order valence-electron chi connectivity index (χ0n) is 22.3. The van der Waals surface area contributed by atoms with E-state index in [-0.39, 0.29) is 29.3 Å². The van der Waals surface area contributed by atoms with Gasteiger partial charge in [-0.05, 0) is 54.6 Å². The summed E-state index contributed by atoms with van der Waals surface area (Å²) in [6, 6.07) is 6.22. The standard InChI is InChI=1S/C27H40FNO4Si/c1-11-31-26(30)33-25-22(19-12-14-20(28)15-13-19)21(16-32-34(9,10)27(6,7)8)23(17(2)3)29-24(25)18(4)5/h12-15,17-18H,11,16H2,1-10H3. The van der Waals surface area contributed by atoms with Gasteiger partial charge in [-0.2, -0.15) is 0 Å². The minimum Gasteiger partial charge on any atom is -0.434 e. The van der Waals surface area contributed by atoms with Gasteiger partial charge in [-0.15, -0.1) is 0 Å². The lowest BCUT2D eigenvalue weighted by Crippen LogP contribution is -2.40. The molecule has 7 heteroatoms. The Bertz CT molecular complexity index is 995. The van der Waals surface area contributed by atoms with E-state index < -0.39 is 14.5 Å². The number of hydrogen-bond acceptors (Lipinski definition) is 5. The van der Waals surface area contributed by atoms with E-state index >= 15 is 0 Å². The van der Waals surface area contributed by atoms with E-state index in [1.54, 1.807) is 19.1 Å². The number of pyridine rings is 1. The van der Waals surface area contributed by atoms with Crippen LogP contribution < -0.4 is 4.74 Å². The van der Waals surface area contributed by atoms with Crippen LogP contribution >= 0.6 is 0 Å². The second-order valence-corrected chi connectivity index (χ2v) is 15.5. The summed E-state index contributed by atoms with van der Waals surface area (Å²) in [5.74, 6) is 0.0963. The van der Waals surface area contributed by atoms with E-state index in [1.807, 2.05) is 13.8 Å². The Morgan fingerprint density at radius 3 is 2.06 bits per heavy atom. The molecule has 0 radical (unpaired) electrons. The smallest absolute Gasteiger partial charge is 0.434 e. The monoisotopic (exact) mass is 489 g/mol. The first-order valence-corrected chi connectivity index (χ1v) is 14.9. The molecule has 2 aromatic rings. The molecule has 1 aromatic carbocycles. The van der Waals surface area contributed by atoms with Crippen molar-refractivity contribution in [2.45, 2.75) is 92.0 Å². The fourth-order valence-electron chi connectivity index (χ4n) is 3.38. The van der Waals surface area contributed by atoms with Crippen LogP contribution in [0.3, 0.4) is 0 Å². The van der Waals surface area contributed by atoms with Crippen LogP contribution in [0.2, 0.25) is 18.1 Å². The number of carbonyl (C=O) groups excluding carboxylic acids is 1. The molecule has 0 aliphatic rings. The molecule has 1 heterocycles. The number of halogens is 1. The molecule has 0 aliphatic carbocycles. The summed E-state index contributed by atoms with van der Waals surface area (Å²) in [6.07, 6.45) is -0.789. The van der Waals surface area contributed by atoms with Crippen molar-refractivity contribution in [3.8, 4) is 16.9 Å². The van der Waals surface area contributed by atoms with Crippen molar-refractivity contribution in [1.29, 1.82) is 0 Å². The number of nitrogens with zero attached hydrogens (tertiary/aromatic N) is 1. The number of aromatic nitrogens is 1. The summed E-state index contributed by atoms with van der Waals surface area (Å²) in [6.45, 7) is 21.4. The quantitative estimate of drug-likeness (QED) is 0.276. The molecule has 0 saturated carbocycles. The maximum atomic E-state index is 13.8. The highest BCUT2D eigenvalue weighted by molar-refractivity contribution is 6.74. The van der Waals surface area contributed by atoms with Crippen molar-refractivity contribution in [2.75, 3.05) is 6.61 Å². The predicted octanol–water partition coefficient (Wildman–Crippen LogP) is 8.19. The van der Waals surface area contributed by atoms with Crippen molar-refractivity contribution in [1.82, 2.24) is 4.98 Å². The molecule has 2 rings (SSSR count). The van der Waals surface area contributed by atoms with Crippen molar-refractivity contribution in [3.05, 3.63) is 47.0 Å². The van der Waals surface area contributed by atoms with Gasteiger partial charge in [0.1, 0.15) is 5.82 Å².